The zero-order valence-corrected chi connectivity index (χ0v) is 11.1. The molecule has 0 aliphatic carbocycles. The number of hydrogen-bond acceptors (Lipinski definition) is 4. The van der Waals surface area contributed by atoms with Gasteiger partial charge in [0, 0.05) is 30.2 Å². The second-order valence-corrected chi connectivity index (χ2v) is 5.51. The molecule has 0 aliphatic heterocycles. The fourth-order valence-corrected chi connectivity index (χ4v) is 2.70. The SMILES string of the molecule is NCCn1c(=O)ccn(Cc2ccc(Cl)s2)c1=O. The molecule has 0 saturated carbocycles. The molecule has 2 N–H and O–H groups in total. The molecule has 96 valence electrons. The summed E-state index contributed by atoms with van der Waals surface area (Å²) in [6.45, 7) is 0.884. The lowest BCUT2D eigenvalue weighted by atomic mass is 10.4. The van der Waals surface area contributed by atoms with Gasteiger partial charge >= 0.3 is 5.69 Å². The maximum absolute atomic E-state index is 12.0. The fourth-order valence-electron chi connectivity index (χ4n) is 1.62. The summed E-state index contributed by atoms with van der Waals surface area (Å²) in [5.74, 6) is 0. The Morgan fingerprint density at radius 3 is 2.67 bits per heavy atom. The van der Waals surface area contributed by atoms with Crippen LogP contribution in [-0.4, -0.2) is 15.7 Å². The van der Waals surface area contributed by atoms with Gasteiger partial charge in [-0.2, -0.15) is 0 Å². The minimum atomic E-state index is -0.350. The first kappa shape index (κ1) is 13.1. The van der Waals surface area contributed by atoms with Crippen LogP contribution in [0.4, 0.5) is 0 Å². The van der Waals surface area contributed by atoms with Crippen LogP contribution in [0.2, 0.25) is 4.34 Å². The van der Waals surface area contributed by atoms with Gasteiger partial charge in [0.1, 0.15) is 0 Å². The number of nitrogens with two attached hydrogens (primary N) is 1. The van der Waals surface area contributed by atoms with E-state index in [2.05, 4.69) is 0 Å². The van der Waals surface area contributed by atoms with Crippen molar-refractivity contribution in [3.8, 4) is 0 Å². The van der Waals surface area contributed by atoms with Gasteiger partial charge in [0.15, 0.2) is 0 Å². The molecule has 2 heterocycles. The van der Waals surface area contributed by atoms with Crippen molar-refractivity contribution >= 4 is 22.9 Å². The highest BCUT2D eigenvalue weighted by Crippen LogP contribution is 2.21. The molecule has 0 saturated heterocycles. The van der Waals surface area contributed by atoms with Crippen molar-refractivity contribution in [3.05, 3.63) is 54.4 Å². The van der Waals surface area contributed by atoms with Gasteiger partial charge in [-0.3, -0.25) is 13.9 Å². The van der Waals surface area contributed by atoms with E-state index >= 15 is 0 Å². The lowest BCUT2D eigenvalue weighted by molar-refractivity contribution is 0.581. The zero-order valence-electron chi connectivity index (χ0n) is 9.51. The molecular formula is C11H12ClN3O2S. The number of aromatic nitrogens is 2. The topological polar surface area (TPSA) is 70.0 Å². The van der Waals surface area contributed by atoms with Gasteiger partial charge in [-0.25, -0.2) is 4.79 Å². The van der Waals surface area contributed by atoms with Crippen LogP contribution in [0.25, 0.3) is 0 Å². The van der Waals surface area contributed by atoms with Crippen molar-refractivity contribution in [2.24, 2.45) is 5.73 Å². The van der Waals surface area contributed by atoms with E-state index < -0.39 is 0 Å². The third-order valence-electron chi connectivity index (χ3n) is 2.45. The average Bonchev–Trinajstić information content (AvgIpc) is 2.74. The van der Waals surface area contributed by atoms with Crippen molar-refractivity contribution in [3.63, 3.8) is 0 Å². The molecule has 0 fully saturated rings. The summed E-state index contributed by atoms with van der Waals surface area (Å²) >= 11 is 7.24. The summed E-state index contributed by atoms with van der Waals surface area (Å²) in [5.41, 5.74) is 4.70. The Morgan fingerprint density at radius 1 is 1.28 bits per heavy atom. The van der Waals surface area contributed by atoms with Crippen LogP contribution in [0.5, 0.6) is 0 Å². The molecule has 5 nitrogen and oxygen atoms in total. The van der Waals surface area contributed by atoms with Crippen LogP contribution in [0.1, 0.15) is 4.88 Å². The van der Waals surface area contributed by atoms with E-state index in [9.17, 15) is 9.59 Å². The van der Waals surface area contributed by atoms with E-state index in [0.29, 0.717) is 10.9 Å². The fraction of sp³-hybridized carbons (Fsp3) is 0.273. The van der Waals surface area contributed by atoms with Crippen molar-refractivity contribution in [2.75, 3.05) is 6.54 Å². The summed E-state index contributed by atoms with van der Waals surface area (Å²) in [7, 11) is 0. The highest BCUT2D eigenvalue weighted by molar-refractivity contribution is 7.16. The molecule has 0 amide bonds. The molecule has 0 atom stereocenters. The summed E-state index contributed by atoms with van der Waals surface area (Å²) in [5, 5.41) is 0. The lowest BCUT2D eigenvalue weighted by Crippen LogP contribution is -2.40. The van der Waals surface area contributed by atoms with Crippen LogP contribution in [0.3, 0.4) is 0 Å². The highest BCUT2D eigenvalue weighted by atomic mass is 35.5. The predicted octanol–water partition coefficient (Wildman–Crippen LogP) is 0.732. The Balaban J connectivity index is 2.37. The normalized spacial score (nSPS) is 10.8. The summed E-state index contributed by atoms with van der Waals surface area (Å²) in [6, 6.07) is 5.01. The maximum Gasteiger partial charge on any atom is 0.331 e. The molecule has 0 spiro atoms. The smallest absolute Gasteiger partial charge is 0.329 e. The summed E-state index contributed by atoms with van der Waals surface area (Å²) < 4.78 is 3.28. The Labute approximate surface area is 112 Å². The second kappa shape index (κ2) is 5.51. The van der Waals surface area contributed by atoms with Crippen molar-refractivity contribution in [1.82, 2.24) is 9.13 Å². The number of nitrogens with zero attached hydrogens (tertiary/aromatic N) is 2. The molecule has 0 aliphatic rings. The third-order valence-corrected chi connectivity index (χ3v) is 3.66. The van der Waals surface area contributed by atoms with Crippen LogP contribution in [-0.2, 0) is 13.1 Å². The van der Waals surface area contributed by atoms with E-state index in [0.717, 1.165) is 9.44 Å². The molecule has 7 heteroatoms. The van der Waals surface area contributed by atoms with Crippen molar-refractivity contribution in [2.45, 2.75) is 13.1 Å². The van der Waals surface area contributed by atoms with Gasteiger partial charge in [-0.05, 0) is 12.1 Å². The van der Waals surface area contributed by atoms with E-state index in [-0.39, 0.29) is 24.3 Å². The molecule has 0 bridgehead atoms. The molecule has 18 heavy (non-hydrogen) atoms. The zero-order chi connectivity index (χ0) is 13.1. The quantitative estimate of drug-likeness (QED) is 0.900. The first-order chi connectivity index (χ1) is 8.61. The summed E-state index contributed by atoms with van der Waals surface area (Å²) in [6.07, 6.45) is 1.49. The molecule has 2 rings (SSSR count). The Bertz CT molecular complexity index is 659. The number of hydrogen-bond donors (Lipinski definition) is 1. The third kappa shape index (κ3) is 2.72. The Kier molecular flexibility index (Phi) is 4.00. The largest absolute Gasteiger partial charge is 0.331 e. The monoisotopic (exact) mass is 285 g/mol. The van der Waals surface area contributed by atoms with Gasteiger partial charge in [0.25, 0.3) is 5.56 Å². The summed E-state index contributed by atoms with van der Waals surface area (Å²) in [4.78, 5) is 24.5. The van der Waals surface area contributed by atoms with Crippen molar-refractivity contribution < 1.29 is 0 Å². The predicted molar refractivity (Wildman–Crippen MR) is 72.4 cm³/mol. The lowest BCUT2D eigenvalue weighted by Gasteiger charge is -2.07. The van der Waals surface area contributed by atoms with Crippen LogP contribution >= 0.6 is 22.9 Å². The Hall–Kier alpha value is -1.37. The van der Waals surface area contributed by atoms with Gasteiger partial charge in [-0.15, -0.1) is 11.3 Å². The van der Waals surface area contributed by atoms with Crippen LogP contribution in [0.15, 0.2) is 34.0 Å². The van der Waals surface area contributed by atoms with E-state index in [4.69, 9.17) is 17.3 Å². The number of rotatable bonds is 4. The van der Waals surface area contributed by atoms with Gasteiger partial charge < -0.3 is 5.73 Å². The first-order valence-corrected chi connectivity index (χ1v) is 6.56. The first-order valence-electron chi connectivity index (χ1n) is 5.36. The minimum Gasteiger partial charge on any atom is -0.329 e. The number of thiophene rings is 1. The van der Waals surface area contributed by atoms with Gasteiger partial charge in [0.2, 0.25) is 0 Å². The van der Waals surface area contributed by atoms with Gasteiger partial charge in [0.05, 0.1) is 10.9 Å². The molecule has 0 aromatic carbocycles. The maximum atomic E-state index is 12.0. The molecule has 2 aromatic rings. The van der Waals surface area contributed by atoms with Crippen LogP contribution < -0.4 is 17.0 Å². The minimum absolute atomic E-state index is 0.226. The molecule has 0 unspecified atom stereocenters. The van der Waals surface area contributed by atoms with E-state index in [1.165, 1.54) is 28.2 Å². The molecule has 0 radical (unpaired) electrons. The highest BCUT2D eigenvalue weighted by Gasteiger charge is 2.06. The standard InChI is InChI=1S/C11H12ClN3O2S/c12-9-2-1-8(18-9)7-14-5-3-10(16)15(6-4-13)11(14)17/h1-3,5H,4,6-7,13H2. The average molecular weight is 286 g/mol. The van der Waals surface area contributed by atoms with Crippen molar-refractivity contribution in [1.29, 1.82) is 0 Å². The van der Waals surface area contributed by atoms with Gasteiger partial charge in [-0.1, -0.05) is 11.6 Å². The van der Waals surface area contributed by atoms with E-state index in [1.54, 1.807) is 6.07 Å². The van der Waals surface area contributed by atoms with Crippen LogP contribution in [0, 0.1) is 0 Å². The Morgan fingerprint density at radius 2 is 2.06 bits per heavy atom. The molecular weight excluding hydrogens is 274 g/mol. The number of halogens is 1. The van der Waals surface area contributed by atoms with E-state index in [1.807, 2.05) is 6.07 Å². The molecule has 2 aromatic heterocycles. The second-order valence-electron chi connectivity index (χ2n) is 3.71.